The Bertz CT molecular complexity index is 475. The molecule has 0 aliphatic heterocycles. The van der Waals surface area contributed by atoms with Crippen molar-refractivity contribution in [3.8, 4) is 0 Å². The molecule has 5 nitrogen and oxygen atoms in total. The van der Waals surface area contributed by atoms with Crippen LogP contribution in [0.25, 0.3) is 5.70 Å². The summed E-state index contributed by atoms with van der Waals surface area (Å²) in [5.74, 6) is 0.886. The maximum absolute atomic E-state index is 10.9. The molecular formula is C11H14ClN3O2. The summed E-state index contributed by atoms with van der Waals surface area (Å²) in [6.07, 6.45) is 0.550. The van der Waals surface area contributed by atoms with Crippen LogP contribution in [0.1, 0.15) is 31.2 Å². The molecule has 1 rings (SSSR count). The highest BCUT2D eigenvalue weighted by atomic mass is 35.5. The number of nitrogens with two attached hydrogens (primary N) is 1. The van der Waals surface area contributed by atoms with Crippen LogP contribution in [0, 0.1) is 0 Å². The molecule has 0 radical (unpaired) electrons. The van der Waals surface area contributed by atoms with E-state index in [1.165, 1.54) is 7.05 Å². The average molecular weight is 256 g/mol. The van der Waals surface area contributed by atoms with Crippen LogP contribution in [0.3, 0.4) is 0 Å². The van der Waals surface area contributed by atoms with Gasteiger partial charge in [0.1, 0.15) is 16.6 Å². The van der Waals surface area contributed by atoms with Crippen LogP contribution in [-0.4, -0.2) is 23.7 Å². The van der Waals surface area contributed by atoms with Crippen molar-refractivity contribution in [1.82, 2.24) is 5.16 Å². The predicted octanol–water partition coefficient (Wildman–Crippen LogP) is 1.93. The fourth-order valence-electron chi connectivity index (χ4n) is 1.17. The lowest BCUT2D eigenvalue weighted by Gasteiger charge is -2.00. The highest BCUT2D eigenvalue weighted by Gasteiger charge is 2.15. The third-order valence-electron chi connectivity index (χ3n) is 2.20. The van der Waals surface area contributed by atoms with E-state index < -0.39 is 0 Å². The number of aldehydes is 1. The van der Waals surface area contributed by atoms with Gasteiger partial charge >= 0.3 is 0 Å². The minimum atomic E-state index is 0.0478. The number of aromatic nitrogens is 1. The Labute approximate surface area is 104 Å². The first kappa shape index (κ1) is 13.4. The molecule has 0 amide bonds. The Hall–Kier alpha value is -1.62. The van der Waals surface area contributed by atoms with Crippen molar-refractivity contribution in [2.24, 2.45) is 10.7 Å². The first-order valence-electron chi connectivity index (χ1n) is 5.05. The minimum Gasteiger partial charge on any atom is -0.396 e. The topological polar surface area (TPSA) is 81.5 Å². The Balaban J connectivity index is 3.20. The Morgan fingerprint density at radius 2 is 2.29 bits per heavy atom. The molecule has 17 heavy (non-hydrogen) atoms. The lowest BCUT2D eigenvalue weighted by molar-refractivity contribution is -0.104. The summed E-state index contributed by atoms with van der Waals surface area (Å²) in [6, 6.07) is 1.68. The zero-order valence-corrected chi connectivity index (χ0v) is 10.7. The van der Waals surface area contributed by atoms with Gasteiger partial charge in [0, 0.05) is 19.0 Å². The monoisotopic (exact) mass is 255 g/mol. The molecule has 0 unspecified atom stereocenters. The SMILES string of the molecule is CN=C(Cl)/C(C=O)=C(\N)c1cc(C(C)C)on1. The summed E-state index contributed by atoms with van der Waals surface area (Å²) in [5, 5.41) is 3.84. The lowest BCUT2D eigenvalue weighted by atomic mass is 10.1. The molecule has 6 heteroatoms. The van der Waals surface area contributed by atoms with Gasteiger partial charge in [0.25, 0.3) is 0 Å². The Morgan fingerprint density at radius 1 is 1.65 bits per heavy atom. The van der Waals surface area contributed by atoms with E-state index in [2.05, 4.69) is 10.1 Å². The van der Waals surface area contributed by atoms with Crippen LogP contribution in [0.5, 0.6) is 0 Å². The number of carbonyl (C=O) groups is 1. The van der Waals surface area contributed by atoms with E-state index in [0.717, 1.165) is 0 Å². The Morgan fingerprint density at radius 3 is 2.71 bits per heavy atom. The molecule has 0 fully saturated rings. The largest absolute Gasteiger partial charge is 0.396 e. The van der Waals surface area contributed by atoms with Gasteiger partial charge in [0.2, 0.25) is 0 Å². The van der Waals surface area contributed by atoms with Crippen molar-refractivity contribution in [2.45, 2.75) is 19.8 Å². The summed E-state index contributed by atoms with van der Waals surface area (Å²) in [7, 11) is 1.47. The number of aliphatic imine (C=N–C) groups is 1. The molecule has 2 N–H and O–H groups in total. The molecule has 92 valence electrons. The fourth-order valence-corrected chi connectivity index (χ4v) is 1.32. The molecule has 0 spiro atoms. The normalized spacial score (nSPS) is 13.8. The molecule has 0 aromatic carbocycles. The van der Waals surface area contributed by atoms with Crippen LogP contribution < -0.4 is 5.73 Å². The van der Waals surface area contributed by atoms with E-state index >= 15 is 0 Å². The molecule has 0 aliphatic rings. The molecule has 0 atom stereocenters. The fraction of sp³-hybridized carbons (Fsp3) is 0.364. The van der Waals surface area contributed by atoms with Gasteiger partial charge in [-0.2, -0.15) is 0 Å². The number of nitrogens with zero attached hydrogens (tertiary/aromatic N) is 2. The van der Waals surface area contributed by atoms with Gasteiger partial charge in [-0.25, -0.2) is 0 Å². The lowest BCUT2D eigenvalue weighted by Crippen LogP contribution is -2.08. The standard InChI is InChI=1S/C11H14ClN3O2/c1-6(2)9-4-8(15-17-9)10(13)7(5-16)11(12)14-3/h4-6H,13H2,1-3H3/b10-7-,14-11?. The molecule has 1 aromatic rings. The quantitative estimate of drug-likeness (QED) is 0.506. The van der Waals surface area contributed by atoms with Gasteiger partial charge in [0.05, 0.1) is 11.3 Å². The van der Waals surface area contributed by atoms with Crippen molar-refractivity contribution < 1.29 is 9.32 Å². The zero-order valence-electron chi connectivity index (χ0n) is 9.90. The first-order valence-corrected chi connectivity index (χ1v) is 5.43. The van der Waals surface area contributed by atoms with Crippen LogP contribution >= 0.6 is 11.6 Å². The summed E-state index contributed by atoms with van der Waals surface area (Å²) in [5.41, 5.74) is 6.45. The van der Waals surface area contributed by atoms with E-state index in [9.17, 15) is 4.79 Å². The summed E-state index contributed by atoms with van der Waals surface area (Å²) in [6.45, 7) is 3.93. The van der Waals surface area contributed by atoms with Gasteiger partial charge in [-0.3, -0.25) is 9.79 Å². The molecule has 0 bridgehead atoms. The number of hydrogen-bond acceptors (Lipinski definition) is 5. The van der Waals surface area contributed by atoms with Crippen molar-refractivity contribution in [1.29, 1.82) is 0 Å². The molecule has 1 aromatic heterocycles. The Kier molecular flexibility index (Phi) is 4.45. The average Bonchev–Trinajstić information content (AvgIpc) is 2.78. The van der Waals surface area contributed by atoms with Crippen LogP contribution in [0.2, 0.25) is 0 Å². The molecule has 1 heterocycles. The van der Waals surface area contributed by atoms with Gasteiger partial charge in [-0.1, -0.05) is 30.6 Å². The smallest absolute Gasteiger partial charge is 0.155 e. The summed E-state index contributed by atoms with van der Waals surface area (Å²) >= 11 is 5.77. The highest BCUT2D eigenvalue weighted by molar-refractivity contribution is 6.72. The van der Waals surface area contributed by atoms with E-state index in [0.29, 0.717) is 17.7 Å². The number of halogens is 1. The van der Waals surface area contributed by atoms with Gasteiger partial charge in [-0.05, 0) is 0 Å². The van der Waals surface area contributed by atoms with Crippen molar-refractivity contribution in [3.63, 3.8) is 0 Å². The molecule has 0 saturated carbocycles. The second-order valence-electron chi connectivity index (χ2n) is 3.73. The number of allylic oxidation sites excluding steroid dienone is 1. The van der Waals surface area contributed by atoms with Gasteiger partial charge in [-0.15, -0.1) is 0 Å². The van der Waals surface area contributed by atoms with E-state index in [1.54, 1.807) is 6.07 Å². The van der Waals surface area contributed by atoms with Crippen LogP contribution in [0.4, 0.5) is 0 Å². The molecule has 0 saturated heterocycles. The van der Waals surface area contributed by atoms with Gasteiger partial charge in [0.15, 0.2) is 6.29 Å². The van der Waals surface area contributed by atoms with Crippen LogP contribution in [-0.2, 0) is 4.79 Å². The van der Waals surface area contributed by atoms with Crippen molar-refractivity contribution >= 4 is 28.8 Å². The second kappa shape index (κ2) is 5.63. The van der Waals surface area contributed by atoms with E-state index in [-0.39, 0.29) is 22.4 Å². The van der Waals surface area contributed by atoms with Crippen molar-refractivity contribution in [3.05, 3.63) is 23.1 Å². The van der Waals surface area contributed by atoms with Gasteiger partial charge < -0.3 is 10.3 Å². The summed E-state index contributed by atoms with van der Waals surface area (Å²) in [4.78, 5) is 14.6. The van der Waals surface area contributed by atoms with Crippen molar-refractivity contribution in [2.75, 3.05) is 7.05 Å². The number of carbonyl (C=O) groups excluding carboxylic acids is 1. The maximum Gasteiger partial charge on any atom is 0.155 e. The third kappa shape index (κ3) is 2.94. The first-order chi connectivity index (χ1) is 8.01. The predicted molar refractivity (Wildman–Crippen MR) is 67.0 cm³/mol. The maximum atomic E-state index is 10.9. The number of rotatable bonds is 4. The number of hydrogen-bond donors (Lipinski definition) is 1. The third-order valence-corrected chi connectivity index (χ3v) is 2.57. The van der Waals surface area contributed by atoms with Crippen LogP contribution in [0.15, 0.2) is 21.2 Å². The van der Waals surface area contributed by atoms with E-state index in [1.807, 2.05) is 13.8 Å². The zero-order chi connectivity index (χ0) is 13.0. The second-order valence-corrected chi connectivity index (χ2v) is 4.09. The minimum absolute atomic E-state index is 0.0478. The summed E-state index contributed by atoms with van der Waals surface area (Å²) < 4.78 is 5.09. The molecule has 0 aliphatic carbocycles. The highest BCUT2D eigenvalue weighted by Crippen LogP contribution is 2.20. The molecular weight excluding hydrogens is 242 g/mol. The van der Waals surface area contributed by atoms with E-state index in [4.69, 9.17) is 21.9 Å².